The maximum atomic E-state index is 12.7. The lowest BCUT2D eigenvalue weighted by molar-refractivity contribution is 0.0602. The summed E-state index contributed by atoms with van der Waals surface area (Å²) in [7, 11) is 1.32. The van der Waals surface area contributed by atoms with Crippen LogP contribution >= 0.6 is 11.3 Å². The van der Waals surface area contributed by atoms with E-state index in [-0.39, 0.29) is 5.91 Å². The number of amides is 1. The van der Waals surface area contributed by atoms with Crippen molar-refractivity contribution >= 4 is 33.9 Å². The first-order valence-electron chi connectivity index (χ1n) is 6.95. The van der Waals surface area contributed by atoms with Gasteiger partial charge in [-0.25, -0.2) is 9.78 Å². The summed E-state index contributed by atoms with van der Waals surface area (Å²) >= 11 is 1.33. The summed E-state index contributed by atoms with van der Waals surface area (Å²) < 4.78 is 6.48. The lowest BCUT2D eigenvalue weighted by Gasteiger charge is -2.06. The second-order valence-electron chi connectivity index (χ2n) is 5.02. The van der Waals surface area contributed by atoms with E-state index in [1.54, 1.807) is 23.6 Å². The molecule has 3 rings (SSSR count). The number of nitrogens with one attached hydrogen (secondary N) is 1. The molecule has 0 aromatic carbocycles. The van der Waals surface area contributed by atoms with E-state index >= 15 is 0 Å². The molecule has 0 spiro atoms. The molecule has 0 radical (unpaired) electrons. The quantitative estimate of drug-likeness (QED) is 0.750. The zero-order valence-corrected chi connectivity index (χ0v) is 13.7. The van der Waals surface area contributed by atoms with Gasteiger partial charge in [0.1, 0.15) is 16.3 Å². The minimum atomic E-state index is -0.473. The van der Waals surface area contributed by atoms with Crippen LogP contribution in [-0.2, 0) is 4.74 Å². The van der Waals surface area contributed by atoms with E-state index in [9.17, 15) is 9.59 Å². The van der Waals surface area contributed by atoms with Crippen LogP contribution in [-0.4, -0.2) is 28.4 Å². The van der Waals surface area contributed by atoms with Crippen LogP contribution in [0.5, 0.6) is 0 Å². The van der Waals surface area contributed by atoms with Crippen LogP contribution in [0.4, 0.5) is 5.00 Å². The van der Waals surface area contributed by atoms with Crippen molar-refractivity contribution in [2.24, 2.45) is 0 Å². The van der Waals surface area contributed by atoms with Crippen molar-refractivity contribution in [2.45, 2.75) is 13.8 Å². The SMILES string of the molecule is COC(=O)c1cc(C)sc1NC(=O)c1c(C)nc2ccccn12. The fourth-order valence-electron chi connectivity index (χ4n) is 2.42. The van der Waals surface area contributed by atoms with Gasteiger partial charge in [0.25, 0.3) is 5.91 Å². The summed E-state index contributed by atoms with van der Waals surface area (Å²) in [5.41, 5.74) is 2.13. The average molecular weight is 329 g/mol. The third-order valence-electron chi connectivity index (χ3n) is 3.41. The van der Waals surface area contributed by atoms with Crippen LogP contribution in [0, 0.1) is 13.8 Å². The summed E-state index contributed by atoms with van der Waals surface area (Å²) in [6, 6.07) is 7.23. The number of aryl methyl sites for hydroxylation is 2. The van der Waals surface area contributed by atoms with Crippen molar-refractivity contribution in [3.8, 4) is 0 Å². The first kappa shape index (κ1) is 15.2. The Kier molecular flexibility index (Phi) is 3.87. The number of carbonyl (C=O) groups excluding carboxylic acids is 2. The molecule has 0 aliphatic rings. The molecule has 6 nitrogen and oxygen atoms in total. The number of nitrogens with zero attached hydrogens (tertiary/aromatic N) is 2. The zero-order chi connectivity index (χ0) is 16.6. The highest BCUT2D eigenvalue weighted by atomic mass is 32.1. The maximum Gasteiger partial charge on any atom is 0.340 e. The number of esters is 1. The lowest BCUT2D eigenvalue weighted by atomic mass is 10.2. The van der Waals surface area contributed by atoms with Gasteiger partial charge < -0.3 is 10.1 Å². The number of methoxy groups -OCH3 is 1. The van der Waals surface area contributed by atoms with E-state index in [1.165, 1.54) is 18.4 Å². The van der Waals surface area contributed by atoms with Gasteiger partial charge in [0, 0.05) is 11.1 Å². The van der Waals surface area contributed by atoms with E-state index in [0.29, 0.717) is 27.6 Å². The molecule has 0 aliphatic carbocycles. The number of anilines is 1. The summed E-state index contributed by atoms with van der Waals surface area (Å²) in [5, 5.41) is 3.28. The molecule has 0 saturated heterocycles. The standard InChI is InChI=1S/C16H15N3O3S/c1-9-8-11(16(21)22-3)15(23-9)18-14(20)13-10(2)17-12-6-4-5-7-19(12)13/h4-8H,1-3H3,(H,18,20). The van der Waals surface area contributed by atoms with Gasteiger partial charge in [-0.3, -0.25) is 9.20 Å². The van der Waals surface area contributed by atoms with Crippen molar-refractivity contribution in [3.63, 3.8) is 0 Å². The van der Waals surface area contributed by atoms with Crippen LogP contribution in [0.3, 0.4) is 0 Å². The first-order chi connectivity index (χ1) is 11.0. The summed E-state index contributed by atoms with van der Waals surface area (Å²) in [4.78, 5) is 29.8. The Morgan fingerprint density at radius 2 is 2.09 bits per heavy atom. The van der Waals surface area contributed by atoms with Gasteiger partial charge in [-0.05, 0) is 32.0 Å². The number of ether oxygens (including phenoxy) is 1. The number of aromatic nitrogens is 2. The Hall–Kier alpha value is -2.67. The van der Waals surface area contributed by atoms with Crippen LogP contribution < -0.4 is 5.32 Å². The van der Waals surface area contributed by atoms with Crippen molar-refractivity contribution in [3.05, 3.63) is 52.3 Å². The van der Waals surface area contributed by atoms with Gasteiger partial charge in [-0.2, -0.15) is 0 Å². The average Bonchev–Trinajstić information content (AvgIpc) is 3.05. The maximum absolute atomic E-state index is 12.7. The second kappa shape index (κ2) is 5.85. The molecule has 3 aromatic rings. The predicted molar refractivity (Wildman–Crippen MR) is 88.3 cm³/mol. The van der Waals surface area contributed by atoms with Crippen molar-refractivity contribution in [2.75, 3.05) is 12.4 Å². The van der Waals surface area contributed by atoms with Gasteiger partial charge in [0.05, 0.1) is 18.4 Å². The van der Waals surface area contributed by atoms with E-state index in [1.807, 2.05) is 25.1 Å². The van der Waals surface area contributed by atoms with Crippen molar-refractivity contribution < 1.29 is 14.3 Å². The molecule has 23 heavy (non-hydrogen) atoms. The van der Waals surface area contributed by atoms with Crippen LogP contribution in [0.1, 0.15) is 31.4 Å². The summed E-state index contributed by atoms with van der Waals surface area (Å²) in [6.07, 6.45) is 1.78. The smallest absolute Gasteiger partial charge is 0.340 e. The third kappa shape index (κ3) is 2.70. The lowest BCUT2D eigenvalue weighted by Crippen LogP contribution is -2.16. The van der Waals surface area contributed by atoms with E-state index < -0.39 is 5.97 Å². The van der Waals surface area contributed by atoms with E-state index in [2.05, 4.69) is 10.3 Å². The van der Waals surface area contributed by atoms with Gasteiger partial charge >= 0.3 is 5.97 Å². The highest BCUT2D eigenvalue weighted by Crippen LogP contribution is 2.29. The predicted octanol–water partition coefficient (Wildman–Crippen LogP) is 3.05. The number of pyridine rings is 1. The van der Waals surface area contributed by atoms with Gasteiger partial charge in [0.15, 0.2) is 0 Å². The van der Waals surface area contributed by atoms with Gasteiger partial charge in [0.2, 0.25) is 0 Å². The number of hydrogen-bond acceptors (Lipinski definition) is 5. The van der Waals surface area contributed by atoms with Crippen molar-refractivity contribution in [1.29, 1.82) is 0 Å². The Bertz CT molecular complexity index is 911. The molecule has 3 aromatic heterocycles. The molecule has 3 heterocycles. The topological polar surface area (TPSA) is 72.7 Å². The molecule has 7 heteroatoms. The normalized spacial score (nSPS) is 10.7. The molecule has 0 aliphatic heterocycles. The van der Waals surface area contributed by atoms with Crippen LogP contribution in [0.25, 0.3) is 5.65 Å². The Morgan fingerprint density at radius 3 is 2.83 bits per heavy atom. The highest BCUT2D eigenvalue weighted by Gasteiger charge is 2.21. The molecule has 1 amide bonds. The minimum absolute atomic E-state index is 0.312. The summed E-state index contributed by atoms with van der Waals surface area (Å²) in [5.74, 6) is -0.785. The molecule has 0 unspecified atom stereocenters. The second-order valence-corrected chi connectivity index (χ2v) is 6.28. The minimum Gasteiger partial charge on any atom is -0.465 e. The molecular formula is C16H15N3O3S. The van der Waals surface area contributed by atoms with Gasteiger partial charge in [-0.15, -0.1) is 11.3 Å². The fraction of sp³-hybridized carbons (Fsp3) is 0.188. The molecule has 1 N–H and O–H groups in total. The van der Waals surface area contributed by atoms with Crippen LogP contribution in [0.15, 0.2) is 30.5 Å². The molecule has 0 bridgehead atoms. The number of thiophene rings is 1. The van der Waals surface area contributed by atoms with Crippen molar-refractivity contribution in [1.82, 2.24) is 9.38 Å². The largest absolute Gasteiger partial charge is 0.465 e. The number of hydrogen-bond donors (Lipinski definition) is 1. The number of imidazole rings is 1. The fourth-order valence-corrected chi connectivity index (χ4v) is 3.31. The molecule has 0 saturated carbocycles. The number of fused-ring (bicyclic) bond motifs is 1. The highest BCUT2D eigenvalue weighted by molar-refractivity contribution is 7.16. The molecule has 0 fully saturated rings. The van der Waals surface area contributed by atoms with E-state index in [0.717, 1.165) is 4.88 Å². The zero-order valence-electron chi connectivity index (χ0n) is 12.9. The monoisotopic (exact) mass is 329 g/mol. The third-order valence-corrected chi connectivity index (χ3v) is 4.37. The molecule has 0 atom stereocenters. The molecule has 118 valence electrons. The van der Waals surface area contributed by atoms with Gasteiger partial charge in [-0.1, -0.05) is 6.07 Å². The van der Waals surface area contributed by atoms with Crippen LogP contribution in [0.2, 0.25) is 0 Å². The first-order valence-corrected chi connectivity index (χ1v) is 7.76. The summed E-state index contributed by atoms with van der Waals surface area (Å²) in [6.45, 7) is 3.65. The Balaban J connectivity index is 1.99. The Morgan fingerprint density at radius 1 is 1.30 bits per heavy atom. The number of carbonyl (C=O) groups is 2. The Labute approximate surface area is 136 Å². The number of rotatable bonds is 3. The molecular weight excluding hydrogens is 314 g/mol. The van der Waals surface area contributed by atoms with E-state index in [4.69, 9.17) is 4.74 Å².